The zero-order valence-electron chi connectivity index (χ0n) is 9.43. The largest absolute Gasteiger partial charge is 0.397 e. The van der Waals surface area contributed by atoms with E-state index in [1.807, 2.05) is 0 Å². The molecule has 0 saturated carbocycles. The topological polar surface area (TPSA) is 80.9 Å². The molecular weight excluding hydrogens is 296 g/mol. The van der Waals surface area contributed by atoms with Gasteiger partial charge in [0.2, 0.25) is 5.91 Å². The van der Waals surface area contributed by atoms with Crippen molar-refractivity contribution in [2.45, 2.75) is 6.42 Å². The van der Waals surface area contributed by atoms with Crippen molar-refractivity contribution in [1.29, 1.82) is 0 Å². The van der Waals surface area contributed by atoms with Crippen LogP contribution in [0.4, 0.5) is 11.4 Å². The van der Waals surface area contributed by atoms with Crippen molar-refractivity contribution in [2.75, 3.05) is 11.1 Å². The zero-order valence-corrected chi connectivity index (χ0v) is 11.0. The van der Waals surface area contributed by atoms with Gasteiger partial charge in [0.15, 0.2) is 0 Å². The molecule has 1 amide bonds. The molecule has 2 heterocycles. The molecule has 18 heavy (non-hydrogen) atoms. The molecule has 2 rings (SSSR count). The van der Waals surface area contributed by atoms with Crippen LogP contribution in [0.25, 0.3) is 0 Å². The number of hydrogen-bond acceptors (Lipinski definition) is 4. The first-order chi connectivity index (χ1) is 8.63. The normalized spacial score (nSPS) is 10.1. The van der Waals surface area contributed by atoms with Crippen LogP contribution in [-0.4, -0.2) is 15.9 Å². The lowest BCUT2D eigenvalue weighted by molar-refractivity contribution is -0.115. The van der Waals surface area contributed by atoms with Crippen LogP contribution in [0.5, 0.6) is 0 Å². The highest BCUT2D eigenvalue weighted by molar-refractivity contribution is 9.10. The van der Waals surface area contributed by atoms with Crippen LogP contribution >= 0.6 is 15.9 Å². The molecule has 92 valence electrons. The maximum atomic E-state index is 11.7. The number of halogens is 1. The number of pyridine rings is 2. The Morgan fingerprint density at radius 2 is 2.06 bits per heavy atom. The number of aromatic nitrogens is 2. The minimum absolute atomic E-state index is 0.142. The van der Waals surface area contributed by atoms with E-state index in [9.17, 15) is 4.79 Å². The predicted molar refractivity (Wildman–Crippen MR) is 72.9 cm³/mol. The van der Waals surface area contributed by atoms with Crippen molar-refractivity contribution in [3.63, 3.8) is 0 Å². The Kier molecular flexibility index (Phi) is 3.88. The molecule has 0 radical (unpaired) electrons. The summed E-state index contributed by atoms with van der Waals surface area (Å²) >= 11 is 3.23. The van der Waals surface area contributed by atoms with Crippen LogP contribution < -0.4 is 11.1 Å². The predicted octanol–water partition coefficient (Wildman–Crippen LogP) is 2.00. The SMILES string of the molecule is Nc1ccc(CC(=O)Nc2ccc(Br)nc2)nc1. The second-order valence-electron chi connectivity index (χ2n) is 3.68. The number of nitrogens with zero attached hydrogens (tertiary/aromatic N) is 2. The van der Waals surface area contributed by atoms with Crippen LogP contribution in [0.2, 0.25) is 0 Å². The number of carbonyl (C=O) groups excluding carboxylic acids is 1. The first-order valence-electron chi connectivity index (χ1n) is 5.25. The second kappa shape index (κ2) is 5.59. The summed E-state index contributed by atoms with van der Waals surface area (Å²) in [6.07, 6.45) is 3.32. The molecule has 6 heteroatoms. The first-order valence-corrected chi connectivity index (χ1v) is 6.04. The average Bonchev–Trinajstić information content (AvgIpc) is 2.35. The Hall–Kier alpha value is -1.95. The van der Waals surface area contributed by atoms with Crippen molar-refractivity contribution in [3.8, 4) is 0 Å². The highest BCUT2D eigenvalue weighted by Crippen LogP contribution is 2.11. The molecule has 2 aromatic heterocycles. The van der Waals surface area contributed by atoms with Gasteiger partial charge in [0.25, 0.3) is 0 Å². The molecule has 0 fully saturated rings. The van der Waals surface area contributed by atoms with Crippen molar-refractivity contribution in [1.82, 2.24) is 9.97 Å². The Morgan fingerprint density at radius 3 is 2.67 bits per heavy atom. The third kappa shape index (κ3) is 3.53. The number of anilines is 2. The van der Waals surface area contributed by atoms with Gasteiger partial charge in [0.05, 0.1) is 30.2 Å². The Bertz CT molecular complexity index is 490. The third-order valence-electron chi connectivity index (χ3n) is 2.20. The van der Waals surface area contributed by atoms with E-state index in [0.29, 0.717) is 17.1 Å². The van der Waals surface area contributed by atoms with Crippen molar-refractivity contribution in [3.05, 3.63) is 47.0 Å². The van der Waals surface area contributed by atoms with E-state index >= 15 is 0 Å². The van der Waals surface area contributed by atoms with Gasteiger partial charge >= 0.3 is 0 Å². The summed E-state index contributed by atoms with van der Waals surface area (Å²) in [5, 5.41) is 2.74. The molecule has 0 saturated heterocycles. The third-order valence-corrected chi connectivity index (χ3v) is 2.67. The zero-order chi connectivity index (χ0) is 13.0. The lowest BCUT2D eigenvalue weighted by Gasteiger charge is -2.04. The average molecular weight is 307 g/mol. The van der Waals surface area contributed by atoms with Crippen LogP contribution in [0.1, 0.15) is 5.69 Å². The molecule has 0 spiro atoms. The molecule has 0 aliphatic heterocycles. The minimum atomic E-state index is -0.142. The fourth-order valence-corrected chi connectivity index (χ4v) is 1.59. The van der Waals surface area contributed by atoms with Gasteiger partial charge in [-0.2, -0.15) is 0 Å². The van der Waals surface area contributed by atoms with Gasteiger partial charge in [-0.1, -0.05) is 0 Å². The summed E-state index contributed by atoms with van der Waals surface area (Å²) in [5.41, 5.74) is 7.42. The van der Waals surface area contributed by atoms with Crippen LogP contribution in [-0.2, 0) is 11.2 Å². The van der Waals surface area contributed by atoms with E-state index in [4.69, 9.17) is 5.73 Å². The van der Waals surface area contributed by atoms with Gasteiger partial charge in [-0.3, -0.25) is 9.78 Å². The number of carbonyl (C=O) groups is 1. The van der Waals surface area contributed by atoms with Crippen molar-refractivity contribution >= 4 is 33.2 Å². The maximum Gasteiger partial charge on any atom is 0.230 e. The maximum absolute atomic E-state index is 11.7. The monoisotopic (exact) mass is 306 g/mol. The lowest BCUT2D eigenvalue weighted by Crippen LogP contribution is -2.15. The summed E-state index contributed by atoms with van der Waals surface area (Å²) in [6, 6.07) is 6.98. The number of nitrogens with one attached hydrogen (secondary N) is 1. The second-order valence-corrected chi connectivity index (χ2v) is 4.49. The smallest absolute Gasteiger partial charge is 0.230 e. The van der Waals surface area contributed by atoms with E-state index in [2.05, 4.69) is 31.2 Å². The lowest BCUT2D eigenvalue weighted by atomic mass is 10.2. The standard InChI is InChI=1S/C12H11BrN4O/c13-11-4-3-10(7-16-11)17-12(18)5-9-2-1-8(14)6-15-9/h1-4,6-7H,5,14H2,(H,17,18). The van der Waals surface area contributed by atoms with Gasteiger partial charge in [-0.05, 0) is 40.2 Å². The number of amides is 1. The van der Waals surface area contributed by atoms with Gasteiger partial charge in [0.1, 0.15) is 4.60 Å². The van der Waals surface area contributed by atoms with Gasteiger partial charge in [-0.15, -0.1) is 0 Å². The molecule has 5 nitrogen and oxygen atoms in total. The summed E-state index contributed by atoms with van der Waals surface area (Å²) < 4.78 is 0.723. The van der Waals surface area contributed by atoms with Gasteiger partial charge < -0.3 is 11.1 Å². The molecule has 0 bridgehead atoms. The quantitative estimate of drug-likeness (QED) is 0.850. The molecule has 3 N–H and O–H groups in total. The molecule has 0 aliphatic rings. The highest BCUT2D eigenvalue weighted by atomic mass is 79.9. The molecular formula is C12H11BrN4O. The summed E-state index contributed by atoms with van der Waals surface area (Å²) in [5.74, 6) is -0.142. The van der Waals surface area contributed by atoms with Crippen LogP contribution in [0.15, 0.2) is 41.3 Å². The fraction of sp³-hybridized carbons (Fsp3) is 0.0833. The minimum Gasteiger partial charge on any atom is -0.397 e. The molecule has 0 aromatic carbocycles. The van der Waals surface area contributed by atoms with E-state index < -0.39 is 0 Å². The Labute approximate surface area is 113 Å². The Balaban J connectivity index is 1.96. The van der Waals surface area contributed by atoms with Gasteiger partial charge in [0, 0.05) is 5.69 Å². The van der Waals surface area contributed by atoms with Crippen LogP contribution in [0.3, 0.4) is 0 Å². The van der Waals surface area contributed by atoms with Gasteiger partial charge in [-0.25, -0.2) is 4.98 Å². The summed E-state index contributed by atoms with van der Waals surface area (Å²) in [6.45, 7) is 0. The molecule has 0 unspecified atom stereocenters. The van der Waals surface area contributed by atoms with E-state index in [-0.39, 0.29) is 12.3 Å². The molecule has 0 aliphatic carbocycles. The van der Waals surface area contributed by atoms with Crippen molar-refractivity contribution < 1.29 is 4.79 Å². The van der Waals surface area contributed by atoms with E-state index in [0.717, 1.165) is 4.60 Å². The fourth-order valence-electron chi connectivity index (χ4n) is 1.36. The molecule has 0 atom stereocenters. The highest BCUT2D eigenvalue weighted by Gasteiger charge is 2.05. The number of rotatable bonds is 3. The van der Waals surface area contributed by atoms with E-state index in [1.165, 1.54) is 6.20 Å². The molecule has 2 aromatic rings. The van der Waals surface area contributed by atoms with E-state index in [1.54, 1.807) is 30.5 Å². The number of nitrogen functional groups attached to an aromatic ring is 1. The number of hydrogen-bond donors (Lipinski definition) is 2. The number of nitrogens with two attached hydrogens (primary N) is 1. The first kappa shape index (κ1) is 12.5. The van der Waals surface area contributed by atoms with Crippen LogP contribution in [0, 0.1) is 0 Å². The Morgan fingerprint density at radius 1 is 1.22 bits per heavy atom. The summed E-state index contributed by atoms with van der Waals surface area (Å²) in [7, 11) is 0. The van der Waals surface area contributed by atoms with Crippen molar-refractivity contribution in [2.24, 2.45) is 0 Å². The summed E-state index contributed by atoms with van der Waals surface area (Å²) in [4.78, 5) is 19.8.